The standard InChI is InChI=1S/C21H34N4O.HI/c1-4-22-20(25-18-12-13-19(26)23-15-18)24-16-21(2,3)14-8-11-17-9-6-5-7-10-17;/h5-7,9-10,18H,4,8,11-16H2,1-3H3,(H,23,26)(H2,22,24,25);1H. The molecule has 1 saturated heterocycles. The summed E-state index contributed by atoms with van der Waals surface area (Å²) in [4.78, 5) is 16.1. The number of nitrogens with one attached hydrogen (secondary N) is 3. The number of aryl methyl sites for hydroxylation is 1. The van der Waals surface area contributed by atoms with Crippen LogP contribution in [0, 0.1) is 5.41 Å². The van der Waals surface area contributed by atoms with E-state index in [9.17, 15) is 4.79 Å². The zero-order valence-electron chi connectivity index (χ0n) is 16.9. The van der Waals surface area contributed by atoms with Gasteiger partial charge in [0.25, 0.3) is 0 Å². The van der Waals surface area contributed by atoms with Crippen LogP contribution in [0.25, 0.3) is 0 Å². The maximum Gasteiger partial charge on any atom is 0.220 e. The van der Waals surface area contributed by atoms with Gasteiger partial charge >= 0.3 is 0 Å². The van der Waals surface area contributed by atoms with Crippen molar-refractivity contribution in [2.75, 3.05) is 19.6 Å². The Kier molecular flexibility index (Phi) is 10.7. The average Bonchev–Trinajstić information content (AvgIpc) is 2.63. The quantitative estimate of drug-likeness (QED) is 0.300. The van der Waals surface area contributed by atoms with Gasteiger partial charge in [-0.2, -0.15) is 0 Å². The van der Waals surface area contributed by atoms with Crippen molar-refractivity contribution in [1.82, 2.24) is 16.0 Å². The molecule has 1 fully saturated rings. The second kappa shape index (κ2) is 12.2. The van der Waals surface area contributed by atoms with E-state index in [4.69, 9.17) is 4.99 Å². The molecular weight excluding hydrogens is 451 g/mol. The van der Waals surface area contributed by atoms with Crippen molar-refractivity contribution < 1.29 is 4.79 Å². The van der Waals surface area contributed by atoms with Crippen LogP contribution in [0.4, 0.5) is 0 Å². The predicted molar refractivity (Wildman–Crippen MR) is 124 cm³/mol. The second-order valence-electron chi connectivity index (χ2n) is 7.88. The summed E-state index contributed by atoms with van der Waals surface area (Å²) >= 11 is 0. The van der Waals surface area contributed by atoms with Gasteiger partial charge < -0.3 is 16.0 Å². The van der Waals surface area contributed by atoms with Gasteiger partial charge in [0, 0.05) is 32.1 Å². The molecule has 1 atom stereocenters. The highest BCUT2D eigenvalue weighted by molar-refractivity contribution is 14.0. The number of carbonyl (C=O) groups excluding carboxylic acids is 1. The summed E-state index contributed by atoms with van der Waals surface area (Å²) in [5, 5.41) is 9.69. The van der Waals surface area contributed by atoms with Gasteiger partial charge in [-0.3, -0.25) is 9.79 Å². The molecule has 3 N–H and O–H groups in total. The van der Waals surface area contributed by atoms with Gasteiger partial charge in [-0.15, -0.1) is 24.0 Å². The van der Waals surface area contributed by atoms with Crippen LogP contribution < -0.4 is 16.0 Å². The zero-order valence-corrected chi connectivity index (χ0v) is 19.2. The first-order valence-electron chi connectivity index (χ1n) is 9.84. The Bertz CT molecular complexity index is 579. The molecule has 152 valence electrons. The Morgan fingerprint density at radius 2 is 2.04 bits per heavy atom. The number of carbonyl (C=O) groups is 1. The molecular formula is C21H35IN4O. The fraction of sp³-hybridized carbons (Fsp3) is 0.619. The number of guanidine groups is 1. The number of nitrogens with zero attached hydrogens (tertiary/aromatic N) is 1. The lowest BCUT2D eigenvalue weighted by Gasteiger charge is -2.27. The summed E-state index contributed by atoms with van der Waals surface area (Å²) < 4.78 is 0. The molecule has 1 aromatic rings. The van der Waals surface area contributed by atoms with E-state index in [1.54, 1.807) is 0 Å². The number of piperidine rings is 1. The van der Waals surface area contributed by atoms with E-state index in [2.05, 4.69) is 67.1 Å². The molecule has 1 aliphatic rings. The molecule has 0 saturated carbocycles. The smallest absolute Gasteiger partial charge is 0.220 e. The lowest BCUT2D eigenvalue weighted by molar-refractivity contribution is -0.122. The SMILES string of the molecule is CCNC(=NCC(C)(C)CCCc1ccccc1)NC1CCC(=O)NC1.I. The first-order valence-corrected chi connectivity index (χ1v) is 9.84. The van der Waals surface area contributed by atoms with E-state index < -0.39 is 0 Å². The van der Waals surface area contributed by atoms with Gasteiger partial charge in [-0.1, -0.05) is 44.2 Å². The molecule has 5 nitrogen and oxygen atoms in total. The van der Waals surface area contributed by atoms with Crippen molar-refractivity contribution in [3.8, 4) is 0 Å². The highest BCUT2D eigenvalue weighted by atomic mass is 127. The third-order valence-electron chi connectivity index (χ3n) is 4.78. The Labute approximate surface area is 181 Å². The summed E-state index contributed by atoms with van der Waals surface area (Å²) in [7, 11) is 0. The topological polar surface area (TPSA) is 65.5 Å². The van der Waals surface area contributed by atoms with Crippen LogP contribution in [0.15, 0.2) is 35.3 Å². The van der Waals surface area contributed by atoms with Gasteiger partial charge in [0.15, 0.2) is 5.96 Å². The van der Waals surface area contributed by atoms with Gasteiger partial charge in [0.05, 0.1) is 0 Å². The summed E-state index contributed by atoms with van der Waals surface area (Å²) in [5.74, 6) is 0.995. The Morgan fingerprint density at radius 1 is 1.30 bits per heavy atom. The van der Waals surface area contributed by atoms with E-state index in [1.807, 2.05) is 0 Å². The van der Waals surface area contributed by atoms with Crippen LogP contribution >= 0.6 is 24.0 Å². The van der Waals surface area contributed by atoms with Crippen molar-refractivity contribution in [2.45, 2.75) is 58.9 Å². The van der Waals surface area contributed by atoms with Gasteiger partial charge in [0.1, 0.15) is 0 Å². The number of hydrogen-bond acceptors (Lipinski definition) is 2. The van der Waals surface area contributed by atoms with Crippen LogP contribution in [-0.4, -0.2) is 37.5 Å². The summed E-state index contributed by atoms with van der Waals surface area (Å²) in [6.45, 7) is 8.93. The lowest BCUT2D eigenvalue weighted by Crippen LogP contribution is -2.51. The van der Waals surface area contributed by atoms with Crippen molar-refractivity contribution in [1.29, 1.82) is 0 Å². The van der Waals surface area contributed by atoms with Gasteiger partial charge in [0.2, 0.25) is 5.91 Å². The summed E-state index contributed by atoms with van der Waals surface area (Å²) in [6.07, 6.45) is 4.88. The molecule has 0 spiro atoms. The summed E-state index contributed by atoms with van der Waals surface area (Å²) in [5.41, 5.74) is 1.57. The normalized spacial score (nSPS) is 17.7. The monoisotopic (exact) mass is 486 g/mol. The first-order chi connectivity index (χ1) is 12.5. The minimum Gasteiger partial charge on any atom is -0.357 e. The number of halogens is 1. The van der Waals surface area contributed by atoms with Gasteiger partial charge in [-0.25, -0.2) is 0 Å². The molecule has 0 bridgehead atoms. The third kappa shape index (κ3) is 9.44. The molecule has 0 aromatic heterocycles. The molecule has 1 aliphatic heterocycles. The van der Waals surface area contributed by atoms with Crippen LogP contribution in [0.1, 0.15) is 52.0 Å². The molecule has 6 heteroatoms. The highest BCUT2D eigenvalue weighted by Crippen LogP contribution is 2.24. The fourth-order valence-electron chi connectivity index (χ4n) is 3.16. The minimum atomic E-state index is 0. The lowest BCUT2D eigenvalue weighted by atomic mass is 9.86. The second-order valence-corrected chi connectivity index (χ2v) is 7.88. The molecule has 1 heterocycles. The van der Waals surface area contributed by atoms with Crippen molar-refractivity contribution in [3.05, 3.63) is 35.9 Å². The Hall–Kier alpha value is -1.31. The van der Waals surface area contributed by atoms with E-state index in [0.29, 0.717) is 13.0 Å². The molecule has 2 rings (SSSR count). The Balaban J connectivity index is 0.00000364. The van der Waals surface area contributed by atoms with E-state index in [-0.39, 0.29) is 41.3 Å². The maximum atomic E-state index is 11.3. The van der Waals surface area contributed by atoms with Crippen molar-refractivity contribution in [2.24, 2.45) is 10.4 Å². The molecule has 1 aromatic carbocycles. The molecule has 1 amide bonds. The van der Waals surface area contributed by atoms with Crippen LogP contribution in [0.5, 0.6) is 0 Å². The van der Waals surface area contributed by atoms with Crippen molar-refractivity contribution in [3.63, 3.8) is 0 Å². The number of benzene rings is 1. The largest absolute Gasteiger partial charge is 0.357 e. The molecule has 0 aliphatic carbocycles. The fourth-order valence-corrected chi connectivity index (χ4v) is 3.16. The number of rotatable bonds is 8. The van der Waals surface area contributed by atoms with Gasteiger partial charge in [-0.05, 0) is 43.6 Å². The number of aliphatic imine (C=N–C) groups is 1. The van der Waals surface area contributed by atoms with Crippen LogP contribution in [-0.2, 0) is 11.2 Å². The Morgan fingerprint density at radius 3 is 2.67 bits per heavy atom. The van der Waals surface area contributed by atoms with Crippen LogP contribution in [0.3, 0.4) is 0 Å². The van der Waals surface area contributed by atoms with Crippen molar-refractivity contribution >= 4 is 35.8 Å². The van der Waals surface area contributed by atoms with E-state index >= 15 is 0 Å². The molecule has 1 unspecified atom stereocenters. The summed E-state index contributed by atoms with van der Waals surface area (Å²) in [6, 6.07) is 10.9. The predicted octanol–water partition coefficient (Wildman–Crippen LogP) is 3.49. The number of amides is 1. The van der Waals surface area contributed by atoms with E-state index in [1.165, 1.54) is 12.0 Å². The number of hydrogen-bond donors (Lipinski definition) is 3. The molecule has 27 heavy (non-hydrogen) atoms. The van der Waals surface area contributed by atoms with E-state index in [0.717, 1.165) is 38.3 Å². The minimum absolute atomic E-state index is 0. The highest BCUT2D eigenvalue weighted by Gasteiger charge is 2.20. The maximum absolute atomic E-state index is 11.3. The third-order valence-corrected chi connectivity index (χ3v) is 4.78. The van der Waals surface area contributed by atoms with Crippen LogP contribution in [0.2, 0.25) is 0 Å². The average molecular weight is 486 g/mol. The molecule has 0 radical (unpaired) electrons. The first kappa shape index (κ1) is 23.7. The zero-order chi connectivity index (χ0) is 18.8.